The van der Waals surface area contributed by atoms with Crippen molar-refractivity contribution in [2.45, 2.75) is 25.2 Å². The Morgan fingerprint density at radius 2 is 1.42 bits per heavy atom. The van der Waals surface area contributed by atoms with Crippen LogP contribution in [0.4, 0.5) is 0 Å². The molecule has 2 aromatic carbocycles. The summed E-state index contributed by atoms with van der Waals surface area (Å²) in [4.78, 5) is 0. The van der Waals surface area contributed by atoms with Gasteiger partial charge in [-0.25, -0.2) is 0 Å². The highest BCUT2D eigenvalue weighted by Crippen LogP contribution is 2.36. The lowest BCUT2D eigenvalue weighted by atomic mass is 9.72. The molecule has 0 aliphatic heterocycles. The molecule has 0 amide bonds. The molecule has 3 heteroatoms. The van der Waals surface area contributed by atoms with Crippen molar-refractivity contribution in [1.82, 2.24) is 10.2 Å². The average molecular weight is 313 g/mol. The Morgan fingerprint density at radius 1 is 0.833 bits per heavy atom. The zero-order valence-electron chi connectivity index (χ0n) is 13.7. The van der Waals surface area contributed by atoms with E-state index in [2.05, 4.69) is 16.3 Å². The van der Waals surface area contributed by atoms with Gasteiger partial charge in [0.15, 0.2) is 0 Å². The molecule has 0 unspecified atom stereocenters. The van der Waals surface area contributed by atoms with Crippen molar-refractivity contribution in [3.63, 3.8) is 0 Å². The SMILES string of the molecule is Cc1ccc(CCC(C#N)(c2ccccc2)c2ccccc2)nn1. The normalized spacial score (nSPS) is 11.0. The van der Waals surface area contributed by atoms with Crippen molar-refractivity contribution in [1.29, 1.82) is 5.26 Å². The molecule has 0 bridgehead atoms. The first-order valence-corrected chi connectivity index (χ1v) is 8.06. The maximum atomic E-state index is 10.1. The van der Waals surface area contributed by atoms with Crippen molar-refractivity contribution in [3.05, 3.63) is 95.3 Å². The number of hydrogen-bond donors (Lipinski definition) is 0. The van der Waals surface area contributed by atoms with Crippen LogP contribution < -0.4 is 0 Å². The van der Waals surface area contributed by atoms with Gasteiger partial charge < -0.3 is 0 Å². The molecule has 0 aliphatic rings. The standard InChI is InChI=1S/C21H19N3/c1-17-12-13-20(24-23-17)14-15-21(16-22,18-8-4-2-5-9-18)19-10-6-3-7-11-19/h2-13H,14-15H2,1H3. The second kappa shape index (κ2) is 7.06. The fraction of sp³-hybridized carbons (Fsp3) is 0.190. The first-order valence-electron chi connectivity index (χ1n) is 8.06. The number of nitriles is 1. The van der Waals surface area contributed by atoms with Gasteiger partial charge in [-0.05, 0) is 43.0 Å². The molecule has 0 spiro atoms. The molecule has 118 valence electrons. The highest BCUT2D eigenvalue weighted by Gasteiger charge is 2.34. The summed E-state index contributed by atoms with van der Waals surface area (Å²) < 4.78 is 0. The second-order valence-corrected chi connectivity index (χ2v) is 5.92. The van der Waals surface area contributed by atoms with Gasteiger partial charge in [-0.3, -0.25) is 0 Å². The monoisotopic (exact) mass is 313 g/mol. The molecular formula is C21H19N3. The number of hydrogen-bond acceptors (Lipinski definition) is 3. The van der Waals surface area contributed by atoms with Crippen molar-refractivity contribution in [3.8, 4) is 6.07 Å². The number of aryl methyl sites for hydroxylation is 2. The first kappa shape index (κ1) is 15.9. The Balaban J connectivity index is 1.99. The summed E-state index contributed by atoms with van der Waals surface area (Å²) in [6.07, 6.45) is 1.36. The summed E-state index contributed by atoms with van der Waals surface area (Å²) in [5.74, 6) is 0. The van der Waals surface area contributed by atoms with E-state index in [1.54, 1.807) is 0 Å². The van der Waals surface area contributed by atoms with Gasteiger partial charge in [-0.2, -0.15) is 15.5 Å². The molecule has 3 rings (SSSR count). The van der Waals surface area contributed by atoms with Crippen LogP contribution in [0.1, 0.15) is 28.9 Å². The number of benzene rings is 2. The van der Waals surface area contributed by atoms with Gasteiger partial charge in [0.25, 0.3) is 0 Å². The molecule has 3 aromatic rings. The molecule has 1 heterocycles. The number of rotatable bonds is 5. The molecule has 0 fully saturated rings. The van der Waals surface area contributed by atoms with E-state index in [9.17, 15) is 5.26 Å². The Hall–Kier alpha value is -2.99. The van der Waals surface area contributed by atoms with Gasteiger partial charge in [-0.1, -0.05) is 60.7 Å². The van der Waals surface area contributed by atoms with E-state index in [1.165, 1.54) is 0 Å². The molecule has 3 nitrogen and oxygen atoms in total. The van der Waals surface area contributed by atoms with Crippen LogP contribution >= 0.6 is 0 Å². The zero-order chi connectivity index (χ0) is 16.8. The molecule has 0 saturated heterocycles. The van der Waals surface area contributed by atoms with Crippen LogP contribution in [0.3, 0.4) is 0 Å². The van der Waals surface area contributed by atoms with Crippen molar-refractivity contribution >= 4 is 0 Å². The fourth-order valence-corrected chi connectivity index (χ4v) is 2.96. The molecule has 1 aromatic heterocycles. The molecular weight excluding hydrogens is 294 g/mol. The van der Waals surface area contributed by atoms with Crippen LogP contribution in [0.2, 0.25) is 0 Å². The minimum absolute atomic E-state index is 0.662. The third-order valence-electron chi connectivity index (χ3n) is 4.33. The van der Waals surface area contributed by atoms with E-state index >= 15 is 0 Å². The van der Waals surface area contributed by atoms with E-state index in [-0.39, 0.29) is 0 Å². The van der Waals surface area contributed by atoms with Gasteiger partial charge in [0, 0.05) is 0 Å². The van der Waals surface area contributed by atoms with E-state index in [4.69, 9.17) is 0 Å². The highest BCUT2D eigenvalue weighted by molar-refractivity contribution is 5.45. The predicted molar refractivity (Wildman–Crippen MR) is 94.4 cm³/mol. The highest BCUT2D eigenvalue weighted by atomic mass is 15.1. The third-order valence-corrected chi connectivity index (χ3v) is 4.33. The Morgan fingerprint density at radius 3 is 1.88 bits per heavy atom. The smallest absolute Gasteiger partial charge is 0.107 e. The third kappa shape index (κ3) is 3.18. The van der Waals surface area contributed by atoms with Crippen LogP contribution in [0.25, 0.3) is 0 Å². The predicted octanol–water partition coefficient (Wildman–Crippen LogP) is 4.23. The van der Waals surface area contributed by atoms with Gasteiger partial charge in [0.1, 0.15) is 5.41 Å². The molecule has 0 radical (unpaired) electrons. The number of aromatic nitrogens is 2. The van der Waals surface area contributed by atoms with Crippen LogP contribution in [0.15, 0.2) is 72.8 Å². The maximum absolute atomic E-state index is 10.1. The van der Waals surface area contributed by atoms with Gasteiger partial charge in [-0.15, -0.1) is 0 Å². The second-order valence-electron chi connectivity index (χ2n) is 5.92. The molecule has 0 N–H and O–H groups in total. The average Bonchev–Trinajstić information content (AvgIpc) is 2.66. The van der Waals surface area contributed by atoms with Gasteiger partial charge in [0.2, 0.25) is 0 Å². The Labute approximate surface area is 142 Å². The van der Waals surface area contributed by atoms with E-state index in [0.717, 1.165) is 22.5 Å². The summed E-state index contributed by atoms with van der Waals surface area (Å²) in [6.45, 7) is 1.92. The van der Waals surface area contributed by atoms with Gasteiger partial charge in [0.05, 0.1) is 17.5 Å². The summed E-state index contributed by atoms with van der Waals surface area (Å²) in [6, 6.07) is 26.5. The van der Waals surface area contributed by atoms with E-state index < -0.39 is 5.41 Å². The van der Waals surface area contributed by atoms with Crippen LogP contribution in [0, 0.1) is 18.3 Å². The summed E-state index contributed by atoms with van der Waals surface area (Å²) in [5, 5.41) is 18.5. The fourth-order valence-electron chi connectivity index (χ4n) is 2.96. The summed E-state index contributed by atoms with van der Waals surface area (Å²) in [5.41, 5.74) is 3.15. The summed E-state index contributed by atoms with van der Waals surface area (Å²) in [7, 11) is 0. The molecule has 0 atom stereocenters. The minimum atomic E-state index is -0.685. The lowest BCUT2D eigenvalue weighted by Gasteiger charge is -2.28. The largest absolute Gasteiger partial charge is 0.197 e. The molecule has 0 saturated carbocycles. The van der Waals surface area contributed by atoms with E-state index in [0.29, 0.717) is 12.8 Å². The van der Waals surface area contributed by atoms with Crippen LogP contribution in [0.5, 0.6) is 0 Å². The minimum Gasteiger partial charge on any atom is -0.197 e. The topological polar surface area (TPSA) is 49.6 Å². The Bertz CT molecular complexity index is 779. The van der Waals surface area contributed by atoms with Crippen LogP contribution in [-0.4, -0.2) is 10.2 Å². The lowest BCUT2D eigenvalue weighted by molar-refractivity contribution is 0.584. The summed E-state index contributed by atoms with van der Waals surface area (Å²) >= 11 is 0. The van der Waals surface area contributed by atoms with Crippen molar-refractivity contribution < 1.29 is 0 Å². The quantitative estimate of drug-likeness (QED) is 0.708. The van der Waals surface area contributed by atoms with Gasteiger partial charge >= 0.3 is 0 Å². The lowest BCUT2D eigenvalue weighted by Crippen LogP contribution is -2.26. The van der Waals surface area contributed by atoms with Crippen molar-refractivity contribution in [2.24, 2.45) is 0 Å². The Kier molecular flexibility index (Phi) is 4.67. The van der Waals surface area contributed by atoms with Crippen LogP contribution in [-0.2, 0) is 11.8 Å². The van der Waals surface area contributed by atoms with Crippen molar-refractivity contribution in [2.75, 3.05) is 0 Å². The van der Waals surface area contributed by atoms with E-state index in [1.807, 2.05) is 79.7 Å². The molecule has 0 aliphatic carbocycles. The number of nitrogens with zero attached hydrogens (tertiary/aromatic N) is 3. The maximum Gasteiger partial charge on any atom is 0.107 e. The molecule has 24 heavy (non-hydrogen) atoms. The first-order chi connectivity index (χ1) is 11.7. The zero-order valence-corrected chi connectivity index (χ0v) is 13.7.